The molecule has 5 heteroatoms. The van der Waals surface area contributed by atoms with Crippen molar-refractivity contribution in [3.8, 4) is 0 Å². The van der Waals surface area contributed by atoms with Crippen LogP contribution in [0.2, 0.25) is 5.02 Å². The van der Waals surface area contributed by atoms with Crippen LogP contribution < -0.4 is 11.1 Å². The Hall–Kier alpha value is -1.00. The van der Waals surface area contributed by atoms with Crippen molar-refractivity contribution in [3.05, 3.63) is 17.3 Å². The van der Waals surface area contributed by atoms with Crippen molar-refractivity contribution in [1.82, 2.24) is 4.98 Å². The number of nitrogens with two attached hydrogens (primary N) is 1. The highest BCUT2D eigenvalue weighted by Gasteiger charge is 2.13. The highest BCUT2D eigenvalue weighted by atomic mass is 35.5. The molecule has 0 bridgehead atoms. The molecule has 4 N–H and O–H groups in total. The number of aliphatic hydroxyl groups is 1. The number of rotatable bonds is 4. The molecule has 0 aliphatic carbocycles. The van der Waals surface area contributed by atoms with Crippen LogP contribution in [0.5, 0.6) is 0 Å². The van der Waals surface area contributed by atoms with Gasteiger partial charge in [0, 0.05) is 0 Å². The minimum absolute atomic E-state index is 0.0417. The summed E-state index contributed by atoms with van der Waals surface area (Å²) in [6.07, 6.45) is 1.53. The summed E-state index contributed by atoms with van der Waals surface area (Å²) in [6.45, 7) is 4.07. The molecular weight excluding hydrogens is 214 g/mol. The van der Waals surface area contributed by atoms with E-state index in [1.165, 1.54) is 6.20 Å². The van der Waals surface area contributed by atoms with E-state index in [1.807, 2.05) is 13.8 Å². The van der Waals surface area contributed by atoms with Crippen LogP contribution in [0.15, 0.2) is 12.3 Å². The normalized spacial score (nSPS) is 12.9. The molecule has 4 nitrogen and oxygen atoms in total. The molecule has 84 valence electrons. The lowest BCUT2D eigenvalue weighted by molar-refractivity contribution is 0.249. The van der Waals surface area contributed by atoms with E-state index in [0.717, 1.165) is 0 Å². The second kappa shape index (κ2) is 5.19. The minimum atomic E-state index is -0.0568. The summed E-state index contributed by atoms with van der Waals surface area (Å²) in [5.74, 6) is 0.851. The molecule has 0 aliphatic heterocycles. The van der Waals surface area contributed by atoms with Crippen molar-refractivity contribution < 1.29 is 5.11 Å². The second-order valence-corrected chi connectivity index (χ2v) is 4.18. The van der Waals surface area contributed by atoms with Gasteiger partial charge in [-0.25, -0.2) is 4.98 Å². The molecule has 0 saturated heterocycles. The van der Waals surface area contributed by atoms with Crippen molar-refractivity contribution in [1.29, 1.82) is 0 Å². The third kappa shape index (κ3) is 3.25. The number of pyridine rings is 1. The van der Waals surface area contributed by atoms with E-state index in [-0.39, 0.29) is 12.6 Å². The van der Waals surface area contributed by atoms with Gasteiger partial charge in [0.1, 0.15) is 5.82 Å². The Balaban J connectivity index is 2.79. The summed E-state index contributed by atoms with van der Waals surface area (Å²) in [5.41, 5.74) is 6.05. The number of aromatic nitrogens is 1. The molecule has 0 saturated carbocycles. The fourth-order valence-corrected chi connectivity index (χ4v) is 1.39. The number of anilines is 2. The molecule has 1 heterocycles. The molecule has 1 aromatic rings. The van der Waals surface area contributed by atoms with Gasteiger partial charge in [0.15, 0.2) is 0 Å². The Morgan fingerprint density at radius 3 is 2.73 bits per heavy atom. The first-order valence-corrected chi connectivity index (χ1v) is 5.20. The third-order valence-electron chi connectivity index (χ3n) is 2.19. The lowest BCUT2D eigenvalue weighted by atomic mass is 10.1. The van der Waals surface area contributed by atoms with E-state index < -0.39 is 0 Å². The first kappa shape index (κ1) is 12.1. The number of nitrogens with one attached hydrogen (secondary N) is 1. The molecule has 1 rings (SSSR count). The maximum absolute atomic E-state index is 9.15. The molecular formula is C10H16ClN3O. The summed E-state index contributed by atoms with van der Waals surface area (Å²) in [6, 6.07) is 1.57. The smallest absolute Gasteiger partial charge is 0.145 e. The zero-order valence-electron chi connectivity index (χ0n) is 8.87. The molecule has 1 unspecified atom stereocenters. The van der Waals surface area contributed by atoms with E-state index in [9.17, 15) is 0 Å². The third-order valence-corrected chi connectivity index (χ3v) is 2.47. The molecule has 1 atom stereocenters. The van der Waals surface area contributed by atoms with Crippen LogP contribution in [-0.2, 0) is 0 Å². The predicted octanol–water partition coefficient (Wildman–Crippen LogP) is 1.75. The minimum Gasteiger partial charge on any atom is -0.397 e. The number of hydrogen-bond acceptors (Lipinski definition) is 4. The van der Waals surface area contributed by atoms with Gasteiger partial charge < -0.3 is 16.2 Å². The molecule has 0 radical (unpaired) electrons. The summed E-state index contributed by atoms with van der Waals surface area (Å²) < 4.78 is 0. The molecule has 0 fully saturated rings. The number of halogens is 1. The lowest BCUT2D eigenvalue weighted by Crippen LogP contribution is -2.29. The van der Waals surface area contributed by atoms with Crippen LogP contribution in [0.1, 0.15) is 13.8 Å². The molecule has 0 aromatic carbocycles. The standard InChI is InChI=1S/C10H16ClN3O/c1-6(2)9(5-15)14-10-8(11)3-7(12)4-13-10/h3-4,6,9,15H,5,12H2,1-2H3,(H,13,14). The van der Waals surface area contributed by atoms with E-state index in [2.05, 4.69) is 10.3 Å². The largest absolute Gasteiger partial charge is 0.397 e. The predicted molar refractivity (Wildman–Crippen MR) is 63.0 cm³/mol. The van der Waals surface area contributed by atoms with Gasteiger partial charge in [-0.3, -0.25) is 0 Å². The van der Waals surface area contributed by atoms with Crippen LogP contribution in [0.4, 0.5) is 11.5 Å². The molecule has 0 amide bonds. The summed E-state index contributed by atoms with van der Waals surface area (Å²) >= 11 is 5.95. The summed E-state index contributed by atoms with van der Waals surface area (Å²) in [5, 5.41) is 12.7. The Morgan fingerprint density at radius 2 is 2.27 bits per heavy atom. The van der Waals surface area contributed by atoms with E-state index in [1.54, 1.807) is 6.07 Å². The first-order chi connectivity index (χ1) is 7.04. The lowest BCUT2D eigenvalue weighted by Gasteiger charge is -2.21. The second-order valence-electron chi connectivity index (χ2n) is 3.78. The van der Waals surface area contributed by atoms with Gasteiger partial charge in [-0.15, -0.1) is 0 Å². The van der Waals surface area contributed by atoms with Gasteiger partial charge in [-0.05, 0) is 12.0 Å². The highest BCUT2D eigenvalue weighted by molar-refractivity contribution is 6.33. The Labute approximate surface area is 94.5 Å². The van der Waals surface area contributed by atoms with Gasteiger partial charge >= 0.3 is 0 Å². The zero-order chi connectivity index (χ0) is 11.4. The average molecular weight is 230 g/mol. The number of nitrogen functional groups attached to an aromatic ring is 1. The maximum atomic E-state index is 9.15. The maximum Gasteiger partial charge on any atom is 0.145 e. The summed E-state index contributed by atoms with van der Waals surface area (Å²) in [4.78, 5) is 4.07. The fraction of sp³-hybridized carbons (Fsp3) is 0.500. The number of nitrogens with zero attached hydrogens (tertiary/aromatic N) is 1. The Morgan fingerprint density at radius 1 is 1.60 bits per heavy atom. The van der Waals surface area contributed by atoms with Crippen LogP contribution in [0.3, 0.4) is 0 Å². The van der Waals surface area contributed by atoms with Crippen molar-refractivity contribution in [2.75, 3.05) is 17.7 Å². The van der Waals surface area contributed by atoms with Crippen molar-refractivity contribution in [2.45, 2.75) is 19.9 Å². The first-order valence-electron chi connectivity index (χ1n) is 4.83. The monoisotopic (exact) mass is 229 g/mol. The van der Waals surface area contributed by atoms with Gasteiger partial charge in [0.25, 0.3) is 0 Å². The topological polar surface area (TPSA) is 71.2 Å². The zero-order valence-corrected chi connectivity index (χ0v) is 9.62. The van der Waals surface area contributed by atoms with Crippen LogP contribution in [-0.4, -0.2) is 22.7 Å². The van der Waals surface area contributed by atoms with Crippen molar-refractivity contribution >= 4 is 23.1 Å². The van der Waals surface area contributed by atoms with Crippen LogP contribution >= 0.6 is 11.6 Å². The van der Waals surface area contributed by atoms with Crippen molar-refractivity contribution in [2.24, 2.45) is 5.92 Å². The number of aliphatic hydroxyl groups excluding tert-OH is 1. The van der Waals surface area contributed by atoms with E-state index >= 15 is 0 Å². The van der Waals surface area contributed by atoms with Gasteiger partial charge in [0.2, 0.25) is 0 Å². The average Bonchev–Trinajstić information content (AvgIpc) is 2.16. The van der Waals surface area contributed by atoms with E-state index in [0.29, 0.717) is 22.4 Å². The fourth-order valence-electron chi connectivity index (χ4n) is 1.16. The van der Waals surface area contributed by atoms with E-state index in [4.69, 9.17) is 22.4 Å². The quantitative estimate of drug-likeness (QED) is 0.736. The molecule has 15 heavy (non-hydrogen) atoms. The molecule has 0 spiro atoms. The van der Waals surface area contributed by atoms with Gasteiger partial charge in [0.05, 0.1) is 29.6 Å². The van der Waals surface area contributed by atoms with Crippen molar-refractivity contribution in [3.63, 3.8) is 0 Å². The highest BCUT2D eigenvalue weighted by Crippen LogP contribution is 2.22. The van der Waals surface area contributed by atoms with Crippen LogP contribution in [0, 0.1) is 5.92 Å². The Kier molecular flexibility index (Phi) is 4.17. The molecule has 1 aromatic heterocycles. The summed E-state index contributed by atoms with van der Waals surface area (Å²) in [7, 11) is 0. The van der Waals surface area contributed by atoms with Crippen LogP contribution in [0.25, 0.3) is 0 Å². The van der Waals surface area contributed by atoms with Gasteiger partial charge in [-0.1, -0.05) is 25.4 Å². The SMILES string of the molecule is CC(C)C(CO)Nc1ncc(N)cc1Cl. The number of hydrogen-bond donors (Lipinski definition) is 3. The Bertz CT molecular complexity index is 330. The molecule has 0 aliphatic rings. The van der Waals surface area contributed by atoms with Gasteiger partial charge in [-0.2, -0.15) is 0 Å².